The Bertz CT molecular complexity index is 1000. The van der Waals surface area contributed by atoms with E-state index >= 15 is 0 Å². The first-order valence-electron chi connectivity index (χ1n) is 10.6. The van der Waals surface area contributed by atoms with Gasteiger partial charge in [0.15, 0.2) is 0 Å². The molecule has 0 unspecified atom stereocenters. The lowest BCUT2D eigenvalue weighted by atomic mass is 9.96. The van der Waals surface area contributed by atoms with Gasteiger partial charge in [-0.1, -0.05) is 29.8 Å². The van der Waals surface area contributed by atoms with Gasteiger partial charge < -0.3 is 16.4 Å². The topological polar surface area (TPSA) is 84.2 Å². The highest BCUT2D eigenvalue weighted by atomic mass is 19.4. The summed E-state index contributed by atoms with van der Waals surface area (Å²) in [5.41, 5.74) is 7.10. The molecule has 1 saturated carbocycles. The summed E-state index contributed by atoms with van der Waals surface area (Å²) in [5.74, 6) is -1.55. The number of amides is 2. The first kappa shape index (κ1) is 23.8. The molecule has 8 heteroatoms. The summed E-state index contributed by atoms with van der Waals surface area (Å²) in [7, 11) is 0. The molecule has 172 valence electrons. The number of benzene rings is 2. The molecule has 5 nitrogen and oxygen atoms in total. The van der Waals surface area contributed by atoms with Crippen LogP contribution in [-0.4, -0.2) is 23.9 Å². The molecule has 1 fully saturated rings. The number of rotatable bonds is 7. The number of hydrogen-bond acceptors (Lipinski definition) is 3. The van der Waals surface area contributed by atoms with Gasteiger partial charge in [0, 0.05) is 24.2 Å². The molecular formula is C24H28F3N3O2. The van der Waals surface area contributed by atoms with Gasteiger partial charge in [-0.2, -0.15) is 13.2 Å². The Morgan fingerprint density at radius 2 is 1.81 bits per heavy atom. The van der Waals surface area contributed by atoms with Gasteiger partial charge in [0.25, 0.3) is 0 Å². The van der Waals surface area contributed by atoms with Gasteiger partial charge in [0.2, 0.25) is 11.8 Å². The molecule has 32 heavy (non-hydrogen) atoms. The van der Waals surface area contributed by atoms with Crippen LogP contribution in [-0.2, 0) is 23.9 Å². The van der Waals surface area contributed by atoms with Gasteiger partial charge in [-0.25, -0.2) is 0 Å². The number of hydrogen-bond donors (Lipinski definition) is 3. The molecule has 2 aromatic carbocycles. The molecular weight excluding hydrogens is 419 g/mol. The summed E-state index contributed by atoms with van der Waals surface area (Å²) in [6.45, 7) is 4.73. The first-order valence-corrected chi connectivity index (χ1v) is 10.6. The van der Waals surface area contributed by atoms with Crippen molar-refractivity contribution in [2.75, 3.05) is 0 Å². The van der Waals surface area contributed by atoms with E-state index in [0.29, 0.717) is 6.54 Å². The van der Waals surface area contributed by atoms with Crippen molar-refractivity contribution in [3.63, 3.8) is 0 Å². The second kappa shape index (κ2) is 9.73. The molecule has 0 aliphatic heterocycles. The van der Waals surface area contributed by atoms with Crippen LogP contribution < -0.4 is 16.4 Å². The summed E-state index contributed by atoms with van der Waals surface area (Å²) >= 11 is 0. The van der Waals surface area contributed by atoms with Crippen LogP contribution in [0.2, 0.25) is 0 Å². The van der Waals surface area contributed by atoms with E-state index in [4.69, 9.17) is 5.73 Å². The summed E-state index contributed by atoms with van der Waals surface area (Å²) < 4.78 is 40.3. The van der Waals surface area contributed by atoms with Crippen LogP contribution in [0.1, 0.15) is 57.4 Å². The lowest BCUT2D eigenvalue weighted by Crippen LogP contribution is -2.47. The average Bonchev–Trinajstić information content (AvgIpc) is 3.13. The third kappa shape index (κ3) is 5.68. The fourth-order valence-corrected chi connectivity index (χ4v) is 4.35. The Labute approximate surface area is 185 Å². The molecule has 3 rings (SSSR count). The minimum absolute atomic E-state index is 0.0214. The molecule has 1 aliphatic carbocycles. The number of primary amides is 1. The largest absolute Gasteiger partial charge is 0.416 e. The van der Waals surface area contributed by atoms with Crippen molar-refractivity contribution >= 4 is 11.8 Å². The normalized spacial score (nSPS) is 18.5. The minimum Gasteiger partial charge on any atom is -0.366 e. The van der Waals surface area contributed by atoms with Crippen molar-refractivity contribution in [1.29, 1.82) is 0 Å². The third-order valence-electron chi connectivity index (χ3n) is 6.00. The molecule has 0 radical (unpaired) electrons. The summed E-state index contributed by atoms with van der Waals surface area (Å²) in [6.07, 6.45) is -2.75. The van der Waals surface area contributed by atoms with Crippen LogP contribution >= 0.6 is 0 Å². The summed E-state index contributed by atoms with van der Waals surface area (Å²) in [4.78, 5) is 24.3. The standard InChI is InChI=1S/C24H28F3N3O2/c1-14-9-10-16(15(2)11-14)13-29-20-7-4-8-21(20)30-22(31)12-18-17(23(28)32)5-3-6-19(18)24(25,26)27/h3,5-6,9-11,20-21,29H,4,7-8,12-13H2,1-2H3,(H2,28,32)(H,30,31)/t20-,21+/m1/s1. The summed E-state index contributed by atoms with van der Waals surface area (Å²) in [6, 6.07) is 9.25. The molecule has 0 bridgehead atoms. The first-order chi connectivity index (χ1) is 15.1. The molecule has 0 saturated heterocycles. The van der Waals surface area contributed by atoms with E-state index in [0.717, 1.165) is 37.0 Å². The lowest BCUT2D eigenvalue weighted by Gasteiger charge is -2.23. The van der Waals surface area contributed by atoms with Crippen LogP contribution in [0.5, 0.6) is 0 Å². The Hall–Kier alpha value is -2.87. The number of nitrogens with one attached hydrogen (secondary N) is 2. The van der Waals surface area contributed by atoms with Gasteiger partial charge in [-0.15, -0.1) is 0 Å². The van der Waals surface area contributed by atoms with E-state index < -0.39 is 30.0 Å². The van der Waals surface area contributed by atoms with Crippen molar-refractivity contribution in [3.05, 3.63) is 69.8 Å². The third-order valence-corrected chi connectivity index (χ3v) is 6.00. The number of carbonyl (C=O) groups is 2. The highest BCUT2D eigenvalue weighted by Gasteiger charge is 2.36. The van der Waals surface area contributed by atoms with Crippen molar-refractivity contribution < 1.29 is 22.8 Å². The van der Waals surface area contributed by atoms with Crippen molar-refractivity contribution in [3.8, 4) is 0 Å². The molecule has 2 atom stereocenters. The van der Waals surface area contributed by atoms with E-state index in [1.54, 1.807) is 0 Å². The average molecular weight is 448 g/mol. The molecule has 4 N–H and O–H groups in total. The van der Waals surface area contributed by atoms with Gasteiger partial charge >= 0.3 is 6.18 Å². The smallest absolute Gasteiger partial charge is 0.366 e. The zero-order valence-electron chi connectivity index (χ0n) is 18.2. The maximum Gasteiger partial charge on any atom is 0.416 e. The zero-order chi connectivity index (χ0) is 23.5. The van der Waals surface area contributed by atoms with Gasteiger partial charge in [0.05, 0.1) is 12.0 Å². The second-order valence-electron chi connectivity index (χ2n) is 8.39. The van der Waals surface area contributed by atoms with Crippen LogP contribution in [0.4, 0.5) is 13.2 Å². The van der Waals surface area contributed by atoms with Gasteiger partial charge in [0.1, 0.15) is 0 Å². The van der Waals surface area contributed by atoms with Crippen LogP contribution in [0.3, 0.4) is 0 Å². The van der Waals surface area contributed by atoms with E-state index in [9.17, 15) is 22.8 Å². The Morgan fingerprint density at radius 3 is 2.47 bits per heavy atom. The minimum atomic E-state index is -4.69. The number of nitrogens with two attached hydrogens (primary N) is 1. The van der Waals surface area contributed by atoms with Crippen molar-refractivity contribution in [2.24, 2.45) is 5.73 Å². The Morgan fingerprint density at radius 1 is 1.09 bits per heavy atom. The predicted molar refractivity (Wildman–Crippen MR) is 116 cm³/mol. The van der Waals surface area contributed by atoms with Crippen LogP contribution in [0, 0.1) is 13.8 Å². The number of halogens is 3. The molecule has 2 aromatic rings. The second-order valence-corrected chi connectivity index (χ2v) is 8.39. The zero-order valence-corrected chi connectivity index (χ0v) is 18.2. The lowest BCUT2D eigenvalue weighted by molar-refractivity contribution is -0.138. The van der Waals surface area contributed by atoms with E-state index in [1.165, 1.54) is 17.2 Å². The fraction of sp³-hybridized carbons (Fsp3) is 0.417. The van der Waals surface area contributed by atoms with Crippen LogP contribution in [0.25, 0.3) is 0 Å². The highest BCUT2D eigenvalue weighted by Crippen LogP contribution is 2.33. The molecule has 0 spiro atoms. The molecule has 0 aromatic heterocycles. The molecule has 0 heterocycles. The van der Waals surface area contributed by atoms with Gasteiger partial charge in [-0.3, -0.25) is 9.59 Å². The number of aryl methyl sites for hydroxylation is 2. The van der Waals surface area contributed by atoms with Crippen LogP contribution in [0.15, 0.2) is 36.4 Å². The highest BCUT2D eigenvalue weighted by molar-refractivity contribution is 5.96. The maximum absolute atomic E-state index is 13.4. The number of carbonyl (C=O) groups excluding carboxylic acids is 2. The van der Waals surface area contributed by atoms with Gasteiger partial charge in [-0.05, 0) is 61.9 Å². The Kier molecular flexibility index (Phi) is 7.23. The van der Waals surface area contributed by atoms with E-state index in [1.807, 2.05) is 19.9 Å². The fourth-order valence-electron chi connectivity index (χ4n) is 4.35. The Balaban J connectivity index is 1.68. The quantitative estimate of drug-likeness (QED) is 0.604. The van der Waals surface area contributed by atoms with Crippen molar-refractivity contribution in [2.45, 2.75) is 64.3 Å². The number of alkyl halides is 3. The SMILES string of the molecule is Cc1ccc(CN[C@@H]2CCC[C@@H]2NC(=O)Cc2c(C(N)=O)cccc2C(F)(F)F)c(C)c1. The summed E-state index contributed by atoms with van der Waals surface area (Å²) in [5, 5.41) is 6.34. The molecule has 1 aliphatic rings. The molecule has 2 amide bonds. The van der Waals surface area contributed by atoms with E-state index in [2.05, 4.69) is 22.8 Å². The predicted octanol–water partition coefficient (Wildman–Crippen LogP) is 3.79. The van der Waals surface area contributed by atoms with Crippen molar-refractivity contribution in [1.82, 2.24) is 10.6 Å². The maximum atomic E-state index is 13.4. The van der Waals surface area contributed by atoms with E-state index in [-0.39, 0.29) is 23.2 Å². The monoisotopic (exact) mass is 447 g/mol.